The minimum absolute atomic E-state index is 0.0650. The zero-order valence-corrected chi connectivity index (χ0v) is 19.5. The Kier molecular flexibility index (Phi) is 6.40. The molecule has 0 saturated heterocycles. The summed E-state index contributed by atoms with van der Waals surface area (Å²) in [5.41, 5.74) is 1.10. The van der Waals surface area contributed by atoms with Crippen LogP contribution in [0.15, 0.2) is 82.0 Å². The molecule has 0 bridgehead atoms. The maximum Gasteiger partial charge on any atom is 0.342 e. The number of esters is 1. The van der Waals surface area contributed by atoms with Crippen LogP contribution in [0.3, 0.4) is 0 Å². The average molecular weight is 485 g/mol. The van der Waals surface area contributed by atoms with E-state index in [9.17, 15) is 14.4 Å². The van der Waals surface area contributed by atoms with Gasteiger partial charge in [0.15, 0.2) is 29.1 Å². The summed E-state index contributed by atoms with van der Waals surface area (Å²) in [5.74, 6) is 0.377. The van der Waals surface area contributed by atoms with Crippen LogP contribution in [-0.4, -0.2) is 37.7 Å². The van der Waals surface area contributed by atoms with E-state index in [4.69, 9.17) is 18.6 Å². The predicted molar refractivity (Wildman–Crippen MR) is 132 cm³/mol. The molecule has 8 nitrogen and oxygen atoms in total. The number of nitrogens with one attached hydrogen (secondary N) is 1. The molecule has 2 heterocycles. The van der Waals surface area contributed by atoms with E-state index in [0.717, 1.165) is 0 Å². The Morgan fingerprint density at radius 1 is 0.972 bits per heavy atom. The number of fused-ring (bicyclic) bond motifs is 2. The lowest BCUT2D eigenvalue weighted by molar-refractivity contribution is -0.124. The second-order valence-corrected chi connectivity index (χ2v) is 8.31. The SMILES string of the molecule is Cc1c(-c2ccccc2)oc2c(C(=O)OCC(=O)NCC3COc4ccccc4O3)cccc2c1=O. The maximum absolute atomic E-state index is 13.0. The number of benzene rings is 3. The molecule has 182 valence electrons. The van der Waals surface area contributed by atoms with E-state index in [1.165, 1.54) is 6.07 Å². The molecule has 1 atom stereocenters. The zero-order chi connectivity index (χ0) is 25.1. The maximum atomic E-state index is 13.0. The molecule has 4 aromatic rings. The molecule has 1 aromatic heterocycles. The number of rotatable bonds is 6. The molecule has 0 spiro atoms. The lowest BCUT2D eigenvalue weighted by atomic mass is 10.0. The first-order valence-corrected chi connectivity index (χ1v) is 11.5. The molecule has 8 heteroatoms. The highest BCUT2D eigenvalue weighted by Crippen LogP contribution is 2.31. The van der Waals surface area contributed by atoms with Crippen LogP contribution in [0.25, 0.3) is 22.3 Å². The summed E-state index contributed by atoms with van der Waals surface area (Å²) < 4.78 is 22.7. The number of carbonyl (C=O) groups excluding carboxylic acids is 2. The monoisotopic (exact) mass is 485 g/mol. The molecule has 0 radical (unpaired) electrons. The Morgan fingerprint density at radius 2 is 1.72 bits per heavy atom. The normalized spacial score (nSPS) is 14.3. The van der Waals surface area contributed by atoms with Crippen molar-refractivity contribution in [1.29, 1.82) is 0 Å². The largest absolute Gasteiger partial charge is 0.486 e. The van der Waals surface area contributed by atoms with Crippen molar-refractivity contribution in [3.8, 4) is 22.8 Å². The molecule has 1 aliphatic rings. The van der Waals surface area contributed by atoms with Gasteiger partial charge in [-0.1, -0.05) is 48.5 Å². The van der Waals surface area contributed by atoms with E-state index in [1.54, 1.807) is 25.1 Å². The average Bonchev–Trinajstić information content (AvgIpc) is 2.92. The van der Waals surface area contributed by atoms with Gasteiger partial charge in [-0.25, -0.2) is 4.79 Å². The van der Waals surface area contributed by atoms with Gasteiger partial charge in [-0.15, -0.1) is 0 Å². The molecule has 1 amide bonds. The van der Waals surface area contributed by atoms with Gasteiger partial charge in [-0.2, -0.15) is 0 Å². The fraction of sp³-hybridized carbons (Fsp3) is 0.179. The number of ether oxygens (including phenoxy) is 3. The zero-order valence-electron chi connectivity index (χ0n) is 19.5. The van der Waals surface area contributed by atoms with Gasteiger partial charge in [-0.05, 0) is 31.2 Å². The van der Waals surface area contributed by atoms with Crippen molar-refractivity contribution in [1.82, 2.24) is 5.32 Å². The first kappa shape index (κ1) is 23.2. The topological polar surface area (TPSA) is 104 Å². The van der Waals surface area contributed by atoms with E-state index in [1.807, 2.05) is 48.5 Å². The van der Waals surface area contributed by atoms with Crippen LogP contribution in [-0.2, 0) is 9.53 Å². The minimum atomic E-state index is -0.770. The Bertz CT molecular complexity index is 1490. The first-order chi connectivity index (χ1) is 17.5. The first-order valence-electron chi connectivity index (χ1n) is 11.5. The van der Waals surface area contributed by atoms with Crippen LogP contribution in [0.2, 0.25) is 0 Å². The Balaban J connectivity index is 1.26. The molecule has 0 saturated carbocycles. The van der Waals surface area contributed by atoms with Crippen molar-refractivity contribution >= 4 is 22.8 Å². The van der Waals surface area contributed by atoms with Crippen LogP contribution in [0.5, 0.6) is 11.5 Å². The number of carbonyl (C=O) groups is 2. The summed E-state index contributed by atoms with van der Waals surface area (Å²) in [5, 5.41) is 2.94. The second kappa shape index (κ2) is 9.95. The van der Waals surface area contributed by atoms with E-state index < -0.39 is 18.5 Å². The van der Waals surface area contributed by atoms with Crippen LogP contribution in [0, 0.1) is 6.92 Å². The molecule has 36 heavy (non-hydrogen) atoms. The van der Waals surface area contributed by atoms with Crippen LogP contribution < -0.4 is 20.2 Å². The molecular formula is C28H23NO7. The highest BCUT2D eigenvalue weighted by Gasteiger charge is 2.22. The third-order valence-electron chi connectivity index (χ3n) is 5.83. The van der Waals surface area contributed by atoms with Crippen molar-refractivity contribution in [2.24, 2.45) is 0 Å². The molecular weight excluding hydrogens is 462 g/mol. The fourth-order valence-corrected chi connectivity index (χ4v) is 3.99. The standard InChI is InChI=1S/C28H23NO7/c1-17-25(31)20-10-7-11-21(27(20)36-26(17)18-8-3-2-4-9-18)28(32)34-16-24(30)29-14-19-15-33-22-12-5-6-13-23(22)35-19/h2-13,19H,14-16H2,1H3,(H,29,30). The predicted octanol–water partition coefficient (Wildman–Crippen LogP) is 3.88. The quantitative estimate of drug-likeness (QED) is 0.413. The van der Waals surface area contributed by atoms with Crippen molar-refractivity contribution in [3.05, 3.63) is 94.1 Å². The molecule has 1 unspecified atom stereocenters. The van der Waals surface area contributed by atoms with Gasteiger partial charge >= 0.3 is 5.97 Å². The molecule has 1 aliphatic heterocycles. The van der Waals surface area contributed by atoms with E-state index in [2.05, 4.69) is 5.32 Å². The smallest absolute Gasteiger partial charge is 0.342 e. The van der Waals surface area contributed by atoms with Gasteiger partial charge in [0, 0.05) is 11.1 Å². The second-order valence-electron chi connectivity index (χ2n) is 8.31. The summed E-state index contributed by atoms with van der Waals surface area (Å²) >= 11 is 0. The lowest BCUT2D eigenvalue weighted by Crippen LogP contribution is -2.42. The van der Waals surface area contributed by atoms with Crippen molar-refractivity contribution in [2.45, 2.75) is 13.0 Å². The van der Waals surface area contributed by atoms with Gasteiger partial charge in [0.2, 0.25) is 0 Å². The van der Waals surface area contributed by atoms with Crippen LogP contribution >= 0.6 is 0 Å². The number of hydrogen-bond acceptors (Lipinski definition) is 7. The molecule has 0 fully saturated rings. The molecule has 0 aliphatic carbocycles. The highest BCUT2D eigenvalue weighted by atomic mass is 16.6. The number of hydrogen-bond donors (Lipinski definition) is 1. The van der Waals surface area contributed by atoms with Crippen molar-refractivity contribution < 1.29 is 28.2 Å². The Hall–Kier alpha value is -4.59. The summed E-state index contributed by atoms with van der Waals surface area (Å²) in [4.78, 5) is 38.1. The van der Waals surface area contributed by atoms with E-state index in [0.29, 0.717) is 28.4 Å². The molecule has 5 rings (SSSR count). The van der Waals surface area contributed by atoms with Gasteiger partial charge in [0.05, 0.1) is 11.9 Å². The summed E-state index contributed by atoms with van der Waals surface area (Å²) in [7, 11) is 0. The van der Waals surface area contributed by atoms with Gasteiger partial charge in [0.25, 0.3) is 5.91 Å². The van der Waals surface area contributed by atoms with Gasteiger partial charge in [0.1, 0.15) is 24.0 Å². The van der Waals surface area contributed by atoms with Crippen molar-refractivity contribution in [2.75, 3.05) is 19.8 Å². The van der Waals surface area contributed by atoms with Crippen molar-refractivity contribution in [3.63, 3.8) is 0 Å². The number of amides is 1. The molecule has 1 N–H and O–H groups in total. The van der Waals surface area contributed by atoms with Crippen LogP contribution in [0.4, 0.5) is 0 Å². The molecule has 3 aromatic carbocycles. The Morgan fingerprint density at radius 3 is 2.53 bits per heavy atom. The highest BCUT2D eigenvalue weighted by molar-refractivity contribution is 6.02. The minimum Gasteiger partial charge on any atom is -0.486 e. The van der Waals surface area contributed by atoms with E-state index >= 15 is 0 Å². The van der Waals surface area contributed by atoms with E-state index in [-0.39, 0.29) is 41.2 Å². The van der Waals surface area contributed by atoms with Gasteiger partial charge in [-0.3, -0.25) is 9.59 Å². The van der Waals surface area contributed by atoms with Gasteiger partial charge < -0.3 is 23.9 Å². The lowest BCUT2D eigenvalue weighted by Gasteiger charge is -2.26. The fourth-order valence-electron chi connectivity index (χ4n) is 3.99. The number of para-hydroxylation sites is 3. The summed E-state index contributed by atoms with van der Waals surface area (Å²) in [6.07, 6.45) is -0.369. The van der Waals surface area contributed by atoms with Crippen LogP contribution in [0.1, 0.15) is 15.9 Å². The summed E-state index contributed by atoms with van der Waals surface area (Å²) in [6.45, 7) is 1.66. The summed E-state index contributed by atoms with van der Waals surface area (Å²) in [6, 6.07) is 21.1. The Labute approximate surface area is 206 Å². The third-order valence-corrected chi connectivity index (χ3v) is 5.83. The third kappa shape index (κ3) is 4.65.